The molecule has 0 bridgehead atoms. The molecule has 4 nitrogen and oxygen atoms in total. The summed E-state index contributed by atoms with van der Waals surface area (Å²) in [5.74, 6) is 1.19. The van der Waals surface area contributed by atoms with Crippen molar-refractivity contribution in [2.24, 2.45) is 5.41 Å². The van der Waals surface area contributed by atoms with E-state index in [1.54, 1.807) is 0 Å². The van der Waals surface area contributed by atoms with E-state index in [1.165, 1.54) is 85.6 Å². The summed E-state index contributed by atoms with van der Waals surface area (Å²) < 4.78 is 2.48. The third kappa shape index (κ3) is 9.39. The zero-order chi connectivity index (χ0) is 29.8. The number of fused-ring (bicyclic) bond motifs is 3. The Hall–Kier alpha value is -2.72. The molecule has 0 radical (unpaired) electrons. The fourth-order valence-corrected chi connectivity index (χ4v) is 6.00. The maximum Gasteiger partial charge on any atom is 0.111 e. The Morgan fingerprint density at radius 3 is 2.05 bits per heavy atom. The van der Waals surface area contributed by atoms with Crippen molar-refractivity contribution >= 4 is 21.9 Å². The Morgan fingerprint density at radius 2 is 1.36 bits per heavy atom. The molecule has 42 heavy (non-hydrogen) atoms. The summed E-state index contributed by atoms with van der Waals surface area (Å²) in [5, 5.41) is 4.87. The molecule has 0 unspecified atom stereocenters. The maximum absolute atomic E-state index is 5.28. The van der Waals surface area contributed by atoms with E-state index in [-0.39, 0.29) is 5.41 Å². The fraction of sp³-hybridized carbons (Fsp3) is 0.579. The van der Waals surface area contributed by atoms with Gasteiger partial charge in [0.25, 0.3) is 0 Å². The quantitative estimate of drug-likeness (QED) is 0.121. The third-order valence-corrected chi connectivity index (χ3v) is 8.34. The summed E-state index contributed by atoms with van der Waals surface area (Å²) in [6.45, 7) is 14.3. The van der Waals surface area contributed by atoms with Crippen molar-refractivity contribution in [1.82, 2.24) is 19.9 Å². The van der Waals surface area contributed by atoms with E-state index < -0.39 is 0 Å². The lowest BCUT2D eigenvalue weighted by Gasteiger charge is -2.18. The van der Waals surface area contributed by atoms with Gasteiger partial charge in [0.2, 0.25) is 0 Å². The van der Waals surface area contributed by atoms with E-state index in [2.05, 4.69) is 93.0 Å². The molecular weight excluding hydrogens is 512 g/mol. The van der Waals surface area contributed by atoms with Gasteiger partial charge in [-0.05, 0) is 48.4 Å². The average Bonchev–Trinajstić information content (AvgIpc) is 3.33. The molecule has 0 saturated carbocycles. The van der Waals surface area contributed by atoms with E-state index in [9.17, 15) is 0 Å². The van der Waals surface area contributed by atoms with Crippen LogP contribution in [-0.2, 0) is 25.9 Å². The predicted molar refractivity (Wildman–Crippen MR) is 181 cm³/mol. The van der Waals surface area contributed by atoms with Gasteiger partial charge in [0, 0.05) is 24.9 Å². The Labute approximate surface area is 255 Å². The molecule has 2 heterocycles. The molecule has 228 valence electrons. The van der Waals surface area contributed by atoms with Crippen molar-refractivity contribution < 1.29 is 0 Å². The van der Waals surface area contributed by atoms with Crippen LogP contribution in [0.5, 0.6) is 0 Å². The Balaban J connectivity index is 1.42. The molecule has 0 amide bonds. The summed E-state index contributed by atoms with van der Waals surface area (Å²) in [5.41, 5.74) is 7.37. The van der Waals surface area contributed by atoms with Crippen molar-refractivity contribution in [2.45, 2.75) is 131 Å². The molecule has 0 saturated heterocycles. The van der Waals surface area contributed by atoms with Crippen LogP contribution in [0.1, 0.15) is 128 Å². The van der Waals surface area contributed by atoms with Crippen LogP contribution in [0.25, 0.3) is 21.9 Å². The number of aryl methyl sites for hydroxylation is 1. The number of aromatic nitrogens is 3. The van der Waals surface area contributed by atoms with Crippen molar-refractivity contribution in [3.8, 4) is 0 Å². The zero-order valence-corrected chi connectivity index (χ0v) is 27.3. The molecule has 2 aromatic carbocycles. The molecule has 0 spiro atoms. The van der Waals surface area contributed by atoms with E-state index in [0.29, 0.717) is 0 Å². The van der Waals surface area contributed by atoms with Gasteiger partial charge in [-0.2, -0.15) is 0 Å². The first-order valence-electron chi connectivity index (χ1n) is 16.9. The maximum atomic E-state index is 5.28. The Kier molecular flexibility index (Phi) is 12.4. The Morgan fingerprint density at radius 1 is 0.714 bits per heavy atom. The molecule has 4 aromatic rings. The van der Waals surface area contributed by atoms with E-state index in [4.69, 9.17) is 9.97 Å². The largest absolute Gasteiger partial charge is 0.323 e. The van der Waals surface area contributed by atoms with Crippen LogP contribution in [0.2, 0.25) is 0 Å². The van der Waals surface area contributed by atoms with Crippen molar-refractivity contribution in [2.75, 3.05) is 6.54 Å². The summed E-state index contributed by atoms with van der Waals surface area (Å²) >= 11 is 0. The highest BCUT2D eigenvalue weighted by Crippen LogP contribution is 2.32. The summed E-state index contributed by atoms with van der Waals surface area (Å²) in [6.07, 6.45) is 16.6. The van der Waals surface area contributed by atoms with Gasteiger partial charge in [-0.15, -0.1) is 0 Å². The molecule has 2 aromatic heterocycles. The molecule has 4 heteroatoms. The second-order valence-electron chi connectivity index (χ2n) is 13.5. The van der Waals surface area contributed by atoms with Gasteiger partial charge in [-0.1, -0.05) is 135 Å². The SMILES string of the molecule is CCCCCCCCCCCNCc1ccc(Cn2c(CCCC)nc3c(CC(C)(C)C)nc4ccccc4c32)cc1. The monoisotopic (exact) mass is 568 g/mol. The first-order chi connectivity index (χ1) is 20.4. The van der Waals surface area contributed by atoms with Crippen LogP contribution in [-0.4, -0.2) is 21.1 Å². The highest BCUT2D eigenvalue weighted by molar-refractivity contribution is 6.03. The first-order valence-corrected chi connectivity index (χ1v) is 16.9. The smallest absolute Gasteiger partial charge is 0.111 e. The standard InChI is InChI=1S/C38H56N4/c1-6-8-10-11-12-13-14-15-18-26-39-28-30-22-24-31(25-23-30)29-42-35(21-9-7-2)41-36-34(27-38(3,4)5)40-33-20-17-16-19-32(33)37(36)42/h16-17,19-20,22-25,39H,6-15,18,21,26-29H2,1-5H3. The third-order valence-electron chi connectivity index (χ3n) is 8.34. The topological polar surface area (TPSA) is 42.7 Å². The number of pyridine rings is 1. The lowest BCUT2D eigenvalue weighted by molar-refractivity contribution is 0.408. The molecule has 0 fully saturated rings. The van der Waals surface area contributed by atoms with Crippen molar-refractivity contribution in [1.29, 1.82) is 0 Å². The molecule has 1 N–H and O–H groups in total. The van der Waals surface area contributed by atoms with E-state index in [1.807, 2.05) is 0 Å². The van der Waals surface area contributed by atoms with Crippen molar-refractivity contribution in [3.05, 3.63) is 71.2 Å². The van der Waals surface area contributed by atoms with Gasteiger partial charge in [0.05, 0.1) is 16.7 Å². The predicted octanol–water partition coefficient (Wildman–Crippen LogP) is 10.2. The van der Waals surface area contributed by atoms with Crippen LogP contribution in [0, 0.1) is 5.41 Å². The second-order valence-corrected chi connectivity index (χ2v) is 13.5. The highest BCUT2D eigenvalue weighted by Gasteiger charge is 2.22. The summed E-state index contributed by atoms with van der Waals surface area (Å²) in [6, 6.07) is 17.8. The van der Waals surface area contributed by atoms with Crippen LogP contribution < -0.4 is 5.32 Å². The van der Waals surface area contributed by atoms with Gasteiger partial charge in [0.1, 0.15) is 11.3 Å². The van der Waals surface area contributed by atoms with E-state index in [0.717, 1.165) is 62.0 Å². The minimum atomic E-state index is 0.146. The van der Waals surface area contributed by atoms with Crippen LogP contribution in [0.3, 0.4) is 0 Å². The number of unbranched alkanes of at least 4 members (excludes halogenated alkanes) is 9. The number of rotatable bonds is 18. The summed E-state index contributed by atoms with van der Waals surface area (Å²) in [7, 11) is 0. The van der Waals surface area contributed by atoms with Crippen LogP contribution in [0.15, 0.2) is 48.5 Å². The van der Waals surface area contributed by atoms with Crippen molar-refractivity contribution in [3.63, 3.8) is 0 Å². The molecule has 4 rings (SSSR count). The van der Waals surface area contributed by atoms with Gasteiger partial charge in [0.15, 0.2) is 0 Å². The van der Waals surface area contributed by atoms with Gasteiger partial charge in [-0.3, -0.25) is 4.98 Å². The number of nitrogens with zero attached hydrogens (tertiary/aromatic N) is 3. The van der Waals surface area contributed by atoms with Gasteiger partial charge in [-0.25, -0.2) is 4.98 Å². The molecule has 0 aliphatic rings. The number of imidazole rings is 1. The van der Waals surface area contributed by atoms with Gasteiger partial charge < -0.3 is 9.88 Å². The van der Waals surface area contributed by atoms with Crippen LogP contribution in [0.4, 0.5) is 0 Å². The number of para-hydroxylation sites is 1. The second kappa shape index (κ2) is 16.2. The van der Waals surface area contributed by atoms with Gasteiger partial charge >= 0.3 is 0 Å². The van der Waals surface area contributed by atoms with E-state index >= 15 is 0 Å². The summed E-state index contributed by atoms with van der Waals surface area (Å²) in [4.78, 5) is 10.4. The first kappa shape index (κ1) is 32.2. The average molecular weight is 569 g/mol. The molecule has 0 atom stereocenters. The lowest BCUT2D eigenvalue weighted by Crippen LogP contribution is -2.14. The normalized spacial score (nSPS) is 12.1. The Bertz CT molecular complexity index is 1360. The highest BCUT2D eigenvalue weighted by atomic mass is 15.1. The zero-order valence-electron chi connectivity index (χ0n) is 27.3. The lowest BCUT2D eigenvalue weighted by atomic mass is 9.89. The minimum absolute atomic E-state index is 0.146. The fourth-order valence-electron chi connectivity index (χ4n) is 6.00. The number of hydrogen-bond donors (Lipinski definition) is 1. The molecular formula is C38H56N4. The number of benzene rings is 2. The number of nitrogens with one attached hydrogen (secondary N) is 1. The minimum Gasteiger partial charge on any atom is -0.323 e. The number of hydrogen-bond acceptors (Lipinski definition) is 3. The molecule has 0 aliphatic carbocycles. The molecule has 0 aliphatic heterocycles. The van der Waals surface area contributed by atoms with Crippen LogP contribution >= 0.6 is 0 Å².